The molecule has 0 bridgehead atoms. The summed E-state index contributed by atoms with van der Waals surface area (Å²) in [5, 5.41) is 9.03. The molecule has 0 heterocycles. The Morgan fingerprint density at radius 2 is 1.81 bits per heavy atom. The Balaban J connectivity index is 2.54. The summed E-state index contributed by atoms with van der Waals surface area (Å²) < 4.78 is 41.2. The lowest BCUT2D eigenvalue weighted by molar-refractivity contribution is -0.274. The highest BCUT2D eigenvalue weighted by molar-refractivity contribution is 5.90. The van der Waals surface area contributed by atoms with E-state index in [4.69, 9.17) is 5.11 Å². The highest BCUT2D eigenvalue weighted by atomic mass is 19.4. The van der Waals surface area contributed by atoms with Crippen molar-refractivity contribution in [2.75, 3.05) is 0 Å². The Bertz CT molecular complexity index is 678. The molecule has 3 nitrogen and oxygen atoms in total. The molecule has 0 aliphatic heterocycles. The second-order valence-corrected chi connectivity index (χ2v) is 4.44. The molecular weight excluding hydrogens is 285 g/mol. The fourth-order valence-electron chi connectivity index (χ4n) is 1.98. The standard InChI is InChI=1S/C15H11F3O3/c1-9-6-10(8-11(7-9)14(19)20)12-4-2-3-5-13(12)21-15(16,17)18/h2-8H,1H3,(H,19,20). The van der Waals surface area contributed by atoms with Crippen molar-refractivity contribution in [3.05, 3.63) is 53.6 Å². The van der Waals surface area contributed by atoms with E-state index in [2.05, 4.69) is 4.74 Å². The predicted molar refractivity (Wildman–Crippen MR) is 70.3 cm³/mol. The molecule has 0 atom stereocenters. The van der Waals surface area contributed by atoms with E-state index in [1.165, 1.54) is 30.3 Å². The van der Waals surface area contributed by atoms with E-state index in [9.17, 15) is 18.0 Å². The van der Waals surface area contributed by atoms with Gasteiger partial charge >= 0.3 is 12.3 Å². The highest BCUT2D eigenvalue weighted by Gasteiger charge is 2.32. The topological polar surface area (TPSA) is 46.5 Å². The second-order valence-electron chi connectivity index (χ2n) is 4.44. The first-order valence-corrected chi connectivity index (χ1v) is 5.96. The molecule has 0 aliphatic carbocycles. The largest absolute Gasteiger partial charge is 0.573 e. The summed E-state index contributed by atoms with van der Waals surface area (Å²) in [4.78, 5) is 11.0. The number of aryl methyl sites for hydroxylation is 1. The van der Waals surface area contributed by atoms with Crippen molar-refractivity contribution in [2.24, 2.45) is 0 Å². The van der Waals surface area contributed by atoms with Crippen LogP contribution in [-0.2, 0) is 0 Å². The summed E-state index contributed by atoms with van der Waals surface area (Å²) >= 11 is 0. The molecule has 2 aromatic rings. The molecular formula is C15H11F3O3. The van der Waals surface area contributed by atoms with Gasteiger partial charge in [-0.3, -0.25) is 0 Å². The Labute approximate surface area is 118 Å². The van der Waals surface area contributed by atoms with Crippen LogP contribution in [0.15, 0.2) is 42.5 Å². The molecule has 21 heavy (non-hydrogen) atoms. The first kappa shape index (κ1) is 14.9. The number of ether oxygens (including phenoxy) is 1. The average molecular weight is 296 g/mol. The van der Waals surface area contributed by atoms with Gasteiger partial charge in [0.15, 0.2) is 0 Å². The van der Waals surface area contributed by atoms with Crippen molar-refractivity contribution >= 4 is 5.97 Å². The maximum atomic E-state index is 12.4. The first-order valence-electron chi connectivity index (χ1n) is 5.96. The molecule has 0 fully saturated rings. The van der Waals surface area contributed by atoms with E-state index in [0.717, 1.165) is 0 Å². The van der Waals surface area contributed by atoms with E-state index in [1.807, 2.05) is 0 Å². The van der Waals surface area contributed by atoms with Gasteiger partial charge in [0.25, 0.3) is 0 Å². The summed E-state index contributed by atoms with van der Waals surface area (Å²) in [5.74, 6) is -1.51. The van der Waals surface area contributed by atoms with Gasteiger partial charge in [-0.15, -0.1) is 13.2 Å². The van der Waals surface area contributed by atoms with Crippen LogP contribution >= 0.6 is 0 Å². The van der Waals surface area contributed by atoms with Gasteiger partial charge in [0, 0.05) is 5.56 Å². The van der Waals surface area contributed by atoms with E-state index < -0.39 is 12.3 Å². The van der Waals surface area contributed by atoms with Crippen molar-refractivity contribution in [1.29, 1.82) is 0 Å². The fraction of sp³-hybridized carbons (Fsp3) is 0.133. The zero-order valence-electron chi connectivity index (χ0n) is 10.9. The molecule has 6 heteroatoms. The van der Waals surface area contributed by atoms with E-state index >= 15 is 0 Å². The molecule has 1 N–H and O–H groups in total. The lowest BCUT2D eigenvalue weighted by atomic mass is 9.99. The van der Waals surface area contributed by atoms with E-state index in [-0.39, 0.29) is 16.9 Å². The molecule has 0 aliphatic rings. The lowest BCUT2D eigenvalue weighted by Crippen LogP contribution is -2.17. The van der Waals surface area contributed by atoms with Crippen LogP contribution in [0.3, 0.4) is 0 Å². The summed E-state index contributed by atoms with van der Waals surface area (Å²) in [6, 6.07) is 9.96. The van der Waals surface area contributed by atoms with Crippen LogP contribution in [-0.4, -0.2) is 17.4 Å². The van der Waals surface area contributed by atoms with Crippen LogP contribution in [0.1, 0.15) is 15.9 Å². The minimum atomic E-state index is -4.81. The summed E-state index contributed by atoms with van der Waals surface area (Å²) in [7, 11) is 0. The average Bonchev–Trinajstić information content (AvgIpc) is 2.36. The maximum Gasteiger partial charge on any atom is 0.573 e. The number of rotatable bonds is 3. The molecule has 0 spiro atoms. The van der Waals surface area contributed by atoms with Crippen LogP contribution < -0.4 is 4.74 Å². The lowest BCUT2D eigenvalue weighted by Gasteiger charge is -2.14. The molecule has 110 valence electrons. The number of hydrogen-bond acceptors (Lipinski definition) is 2. The number of aromatic carboxylic acids is 1. The smallest absolute Gasteiger partial charge is 0.478 e. The Kier molecular flexibility index (Phi) is 3.88. The molecule has 2 aromatic carbocycles. The number of benzene rings is 2. The Morgan fingerprint density at radius 3 is 2.43 bits per heavy atom. The Morgan fingerprint density at radius 1 is 1.14 bits per heavy atom. The van der Waals surface area contributed by atoms with Gasteiger partial charge in [0.05, 0.1) is 5.56 Å². The van der Waals surface area contributed by atoms with Gasteiger partial charge in [0.2, 0.25) is 0 Å². The third kappa shape index (κ3) is 3.75. The molecule has 0 aromatic heterocycles. The summed E-state index contributed by atoms with van der Waals surface area (Å²) in [5.41, 5.74) is 1.17. The van der Waals surface area contributed by atoms with Gasteiger partial charge in [-0.2, -0.15) is 0 Å². The molecule has 0 unspecified atom stereocenters. The van der Waals surface area contributed by atoms with Gasteiger partial charge in [-0.25, -0.2) is 4.79 Å². The van der Waals surface area contributed by atoms with Gasteiger partial charge < -0.3 is 9.84 Å². The Hall–Kier alpha value is -2.50. The monoisotopic (exact) mass is 296 g/mol. The van der Waals surface area contributed by atoms with Crippen molar-refractivity contribution in [3.63, 3.8) is 0 Å². The fourth-order valence-corrected chi connectivity index (χ4v) is 1.98. The van der Waals surface area contributed by atoms with Crippen LogP contribution in [0.25, 0.3) is 11.1 Å². The number of hydrogen-bond donors (Lipinski definition) is 1. The summed E-state index contributed by atoms with van der Waals surface area (Å²) in [6.07, 6.45) is -4.81. The van der Waals surface area contributed by atoms with Gasteiger partial charge in [0.1, 0.15) is 5.75 Å². The van der Waals surface area contributed by atoms with Crippen LogP contribution in [0.2, 0.25) is 0 Å². The third-order valence-corrected chi connectivity index (χ3v) is 2.75. The zero-order valence-corrected chi connectivity index (χ0v) is 10.9. The zero-order chi connectivity index (χ0) is 15.6. The SMILES string of the molecule is Cc1cc(C(=O)O)cc(-c2ccccc2OC(F)(F)F)c1. The van der Waals surface area contributed by atoms with Gasteiger partial charge in [-0.05, 0) is 36.2 Å². The quantitative estimate of drug-likeness (QED) is 0.920. The molecule has 0 saturated carbocycles. The van der Waals surface area contributed by atoms with Gasteiger partial charge in [-0.1, -0.05) is 24.3 Å². The van der Waals surface area contributed by atoms with E-state index in [1.54, 1.807) is 19.1 Å². The molecule has 0 radical (unpaired) electrons. The van der Waals surface area contributed by atoms with Crippen molar-refractivity contribution in [1.82, 2.24) is 0 Å². The highest BCUT2D eigenvalue weighted by Crippen LogP contribution is 2.34. The van der Waals surface area contributed by atoms with Crippen LogP contribution in [0.5, 0.6) is 5.75 Å². The minimum absolute atomic E-state index is 0.00631. The second kappa shape index (κ2) is 5.47. The summed E-state index contributed by atoms with van der Waals surface area (Å²) in [6.45, 7) is 1.67. The number of carbonyl (C=O) groups is 1. The number of halogens is 3. The predicted octanol–water partition coefficient (Wildman–Crippen LogP) is 4.26. The maximum absolute atomic E-state index is 12.4. The number of carboxylic acids is 1. The first-order chi connectivity index (χ1) is 9.76. The van der Waals surface area contributed by atoms with Crippen molar-refractivity contribution < 1.29 is 27.8 Å². The minimum Gasteiger partial charge on any atom is -0.478 e. The van der Waals surface area contributed by atoms with Crippen LogP contribution in [0, 0.1) is 6.92 Å². The van der Waals surface area contributed by atoms with Crippen molar-refractivity contribution in [2.45, 2.75) is 13.3 Å². The number of carboxylic acid groups (broad SMARTS) is 1. The van der Waals surface area contributed by atoms with Crippen molar-refractivity contribution in [3.8, 4) is 16.9 Å². The molecule has 0 saturated heterocycles. The van der Waals surface area contributed by atoms with Crippen LogP contribution in [0.4, 0.5) is 13.2 Å². The molecule has 0 amide bonds. The molecule has 2 rings (SSSR count). The van der Waals surface area contributed by atoms with E-state index in [0.29, 0.717) is 11.1 Å². The number of para-hydroxylation sites is 1. The normalized spacial score (nSPS) is 11.2. The third-order valence-electron chi connectivity index (χ3n) is 2.75. The number of alkyl halides is 3.